The van der Waals surface area contributed by atoms with E-state index in [-0.39, 0.29) is 16.7 Å². The molecule has 0 aliphatic carbocycles. The fourth-order valence-electron chi connectivity index (χ4n) is 2.40. The van der Waals surface area contributed by atoms with Gasteiger partial charge in [-0.1, -0.05) is 6.92 Å². The zero-order chi connectivity index (χ0) is 14.5. The molecule has 1 saturated heterocycles. The average Bonchev–Trinajstić information content (AvgIpc) is 2.44. The molecule has 2 rings (SSSR count). The smallest absolute Gasteiger partial charge is 0.275 e. The normalized spacial score (nSPS) is 18.9. The summed E-state index contributed by atoms with van der Waals surface area (Å²) in [6.07, 6.45) is 2.88. The van der Waals surface area contributed by atoms with Crippen molar-refractivity contribution in [3.05, 3.63) is 28.3 Å². The molecule has 0 bridgehead atoms. The Morgan fingerprint density at radius 1 is 1.50 bits per heavy atom. The number of rotatable bonds is 5. The highest BCUT2D eigenvalue weighted by atomic mass is 16.6. The minimum atomic E-state index is -0.383. The lowest BCUT2D eigenvalue weighted by Crippen LogP contribution is -2.42. The first kappa shape index (κ1) is 14.6. The van der Waals surface area contributed by atoms with E-state index in [9.17, 15) is 10.1 Å². The first-order chi connectivity index (χ1) is 9.60. The molecule has 1 atom stereocenters. The number of nitro benzene ring substituents is 1. The average molecular weight is 279 g/mol. The Hall–Kier alpha value is -1.82. The van der Waals surface area contributed by atoms with Crippen LogP contribution in [0.2, 0.25) is 0 Å². The van der Waals surface area contributed by atoms with E-state index in [1.54, 1.807) is 6.07 Å². The SMILES string of the molecule is CCCOc1cc(N2CCCC(N)C2)cc([N+](=O)[O-])c1. The highest BCUT2D eigenvalue weighted by molar-refractivity contribution is 5.58. The molecule has 0 radical (unpaired) electrons. The number of ether oxygens (including phenoxy) is 1. The summed E-state index contributed by atoms with van der Waals surface area (Å²) in [5, 5.41) is 11.0. The molecule has 1 aliphatic rings. The van der Waals surface area contributed by atoms with Gasteiger partial charge in [0.25, 0.3) is 5.69 Å². The molecule has 1 unspecified atom stereocenters. The summed E-state index contributed by atoms with van der Waals surface area (Å²) < 4.78 is 5.54. The molecule has 0 saturated carbocycles. The third-order valence-electron chi connectivity index (χ3n) is 3.38. The number of piperidine rings is 1. The first-order valence-corrected chi connectivity index (χ1v) is 7.03. The Kier molecular flexibility index (Phi) is 4.79. The van der Waals surface area contributed by atoms with Gasteiger partial charge in [-0.05, 0) is 19.3 Å². The van der Waals surface area contributed by atoms with Crippen molar-refractivity contribution >= 4 is 11.4 Å². The molecule has 1 aromatic carbocycles. The fourth-order valence-corrected chi connectivity index (χ4v) is 2.40. The zero-order valence-electron chi connectivity index (χ0n) is 11.7. The second-order valence-electron chi connectivity index (χ2n) is 5.14. The van der Waals surface area contributed by atoms with Crippen molar-refractivity contribution in [2.24, 2.45) is 5.73 Å². The summed E-state index contributed by atoms with van der Waals surface area (Å²) in [6.45, 7) is 4.17. The van der Waals surface area contributed by atoms with Crippen molar-refractivity contribution in [3.63, 3.8) is 0 Å². The number of non-ortho nitro benzene ring substituents is 1. The first-order valence-electron chi connectivity index (χ1n) is 7.03. The number of nitrogens with zero attached hydrogens (tertiary/aromatic N) is 2. The quantitative estimate of drug-likeness (QED) is 0.660. The van der Waals surface area contributed by atoms with Crippen LogP contribution in [0.15, 0.2) is 18.2 Å². The summed E-state index contributed by atoms with van der Waals surface area (Å²) >= 11 is 0. The Balaban J connectivity index is 2.25. The van der Waals surface area contributed by atoms with Crippen LogP contribution >= 0.6 is 0 Å². The molecule has 20 heavy (non-hydrogen) atoms. The van der Waals surface area contributed by atoms with Crippen molar-refractivity contribution in [1.29, 1.82) is 0 Å². The third kappa shape index (κ3) is 3.60. The second-order valence-corrected chi connectivity index (χ2v) is 5.14. The second kappa shape index (κ2) is 6.56. The Morgan fingerprint density at radius 2 is 2.30 bits per heavy atom. The van der Waals surface area contributed by atoms with E-state index < -0.39 is 0 Å². The number of nitrogens with two attached hydrogens (primary N) is 1. The van der Waals surface area contributed by atoms with Crippen molar-refractivity contribution in [2.75, 3.05) is 24.6 Å². The van der Waals surface area contributed by atoms with Crippen molar-refractivity contribution < 1.29 is 9.66 Å². The van der Waals surface area contributed by atoms with Crippen LogP contribution in [-0.4, -0.2) is 30.7 Å². The molecule has 110 valence electrons. The monoisotopic (exact) mass is 279 g/mol. The van der Waals surface area contributed by atoms with Crippen LogP contribution in [0.3, 0.4) is 0 Å². The lowest BCUT2D eigenvalue weighted by atomic mass is 10.1. The molecule has 1 heterocycles. The van der Waals surface area contributed by atoms with Gasteiger partial charge in [0.05, 0.1) is 17.6 Å². The van der Waals surface area contributed by atoms with E-state index in [1.165, 1.54) is 6.07 Å². The molecule has 0 amide bonds. The van der Waals surface area contributed by atoms with Gasteiger partial charge in [0, 0.05) is 37.0 Å². The van der Waals surface area contributed by atoms with Gasteiger partial charge < -0.3 is 15.4 Å². The van der Waals surface area contributed by atoms with Gasteiger partial charge in [0.1, 0.15) is 5.75 Å². The summed E-state index contributed by atoms with van der Waals surface area (Å²) in [5.41, 5.74) is 6.85. The maximum absolute atomic E-state index is 11.0. The summed E-state index contributed by atoms with van der Waals surface area (Å²) in [6, 6.07) is 5.06. The number of nitro groups is 1. The van der Waals surface area contributed by atoms with Crippen LogP contribution in [0.25, 0.3) is 0 Å². The van der Waals surface area contributed by atoms with Gasteiger partial charge >= 0.3 is 0 Å². The van der Waals surface area contributed by atoms with Gasteiger partial charge in [0.15, 0.2) is 0 Å². The molecular formula is C14H21N3O3. The van der Waals surface area contributed by atoms with E-state index in [4.69, 9.17) is 10.5 Å². The predicted molar refractivity (Wildman–Crippen MR) is 78.3 cm³/mol. The molecule has 1 aliphatic heterocycles. The van der Waals surface area contributed by atoms with Crippen molar-refractivity contribution in [3.8, 4) is 5.75 Å². The number of hydrogen-bond acceptors (Lipinski definition) is 5. The van der Waals surface area contributed by atoms with Crippen LogP contribution in [0.5, 0.6) is 5.75 Å². The molecule has 1 aromatic rings. The molecular weight excluding hydrogens is 258 g/mol. The maximum Gasteiger partial charge on any atom is 0.275 e. The Morgan fingerprint density at radius 3 is 2.95 bits per heavy atom. The van der Waals surface area contributed by atoms with E-state index >= 15 is 0 Å². The summed E-state index contributed by atoms with van der Waals surface area (Å²) in [5.74, 6) is 0.551. The molecule has 0 aromatic heterocycles. The van der Waals surface area contributed by atoms with E-state index in [0.29, 0.717) is 12.4 Å². The van der Waals surface area contributed by atoms with Gasteiger partial charge in [-0.3, -0.25) is 10.1 Å². The van der Waals surface area contributed by atoms with Crippen LogP contribution in [0, 0.1) is 10.1 Å². The van der Waals surface area contributed by atoms with Crippen molar-refractivity contribution in [2.45, 2.75) is 32.2 Å². The van der Waals surface area contributed by atoms with Gasteiger partial charge in [-0.25, -0.2) is 0 Å². The molecule has 0 spiro atoms. The van der Waals surface area contributed by atoms with E-state index in [0.717, 1.165) is 38.0 Å². The van der Waals surface area contributed by atoms with E-state index in [1.807, 2.05) is 13.0 Å². The summed E-state index contributed by atoms with van der Waals surface area (Å²) in [7, 11) is 0. The van der Waals surface area contributed by atoms with Crippen LogP contribution in [-0.2, 0) is 0 Å². The number of hydrogen-bond donors (Lipinski definition) is 1. The lowest BCUT2D eigenvalue weighted by Gasteiger charge is -2.32. The molecule has 6 heteroatoms. The van der Waals surface area contributed by atoms with Crippen LogP contribution in [0.4, 0.5) is 11.4 Å². The minimum absolute atomic E-state index is 0.0627. The third-order valence-corrected chi connectivity index (χ3v) is 3.38. The summed E-state index contributed by atoms with van der Waals surface area (Å²) in [4.78, 5) is 12.7. The predicted octanol–water partition coefficient (Wildman–Crippen LogP) is 2.31. The Bertz CT molecular complexity index is 479. The van der Waals surface area contributed by atoms with Crippen LogP contribution < -0.4 is 15.4 Å². The molecule has 1 fully saturated rings. The largest absolute Gasteiger partial charge is 0.493 e. The molecule has 6 nitrogen and oxygen atoms in total. The van der Waals surface area contributed by atoms with Gasteiger partial charge in [-0.15, -0.1) is 0 Å². The molecule has 2 N–H and O–H groups in total. The standard InChI is InChI=1S/C14H21N3O3/c1-2-6-20-14-8-12(7-13(9-14)17(18)19)16-5-3-4-11(15)10-16/h7-9,11H,2-6,10,15H2,1H3. The van der Waals surface area contributed by atoms with Crippen molar-refractivity contribution in [1.82, 2.24) is 0 Å². The minimum Gasteiger partial charge on any atom is -0.493 e. The van der Waals surface area contributed by atoms with Gasteiger partial charge in [0.2, 0.25) is 0 Å². The highest BCUT2D eigenvalue weighted by Crippen LogP contribution is 2.30. The highest BCUT2D eigenvalue weighted by Gasteiger charge is 2.20. The van der Waals surface area contributed by atoms with E-state index in [2.05, 4.69) is 4.90 Å². The van der Waals surface area contributed by atoms with Gasteiger partial charge in [-0.2, -0.15) is 0 Å². The number of anilines is 1. The topological polar surface area (TPSA) is 81.6 Å². The maximum atomic E-state index is 11.0. The fraction of sp³-hybridized carbons (Fsp3) is 0.571. The lowest BCUT2D eigenvalue weighted by molar-refractivity contribution is -0.384. The van der Waals surface area contributed by atoms with Crippen LogP contribution in [0.1, 0.15) is 26.2 Å². The Labute approximate surface area is 118 Å². The number of benzene rings is 1. The zero-order valence-corrected chi connectivity index (χ0v) is 11.7.